The van der Waals surface area contributed by atoms with Gasteiger partial charge in [0.1, 0.15) is 0 Å². The molecule has 0 aliphatic carbocycles. The van der Waals surface area contributed by atoms with Crippen molar-refractivity contribution in [1.29, 1.82) is 0 Å². The van der Waals surface area contributed by atoms with E-state index < -0.39 is 0 Å². The van der Waals surface area contributed by atoms with Crippen LogP contribution in [0.1, 0.15) is 30.6 Å². The van der Waals surface area contributed by atoms with Crippen molar-refractivity contribution >= 4 is 29.2 Å². The largest absolute Gasteiger partial charge is 0.342 e. The van der Waals surface area contributed by atoms with E-state index in [0.717, 1.165) is 11.8 Å². The van der Waals surface area contributed by atoms with Crippen LogP contribution in [-0.2, 0) is 0 Å². The van der Waals surface area contributed by atoms with Gasteiger partial charge in [0.25, 0.3) is 5.91 Å². The van der Waals surface area contributed by atoms with Crippen LogP contribution < -0.4 is 11.3 Å². The first-order valence-corrected chi connectivity index (χ1v) is 7.53. The van der Waals surface area contributed by atoms with Gasteiger partial charge in [0.15, 0.2) is 0 Å². The van der Waals surface area contributed by atoms with Crippen molar-refractivity contribution in [2.45, 2.75) is 26.3 Å². The van der Waals surface area contributed by atoms with Gasteiger partial charge in [-0.3, -0.25) is 9.59 Å². The number of para-hydroxylation sites is 1. The molecule has 1 aromatic heterocycles. The van der Waals surface area contributed by atoms with E-state index in [0.29, 0.717) is 23.5 Å². The molecule has 1 unspecified atom stereocenters. The second kappa shape index (κ2) is 8.13. The molecule has 0 bridgehead atoms. The number of nitrogens with two attached hydrogens (primary N) is 1. The minimum Gasteiger partial charge on any atom is -0.342 e. The highest BCUT2D eigenvalue weighted by atomic mass is 35.5. The lowest BCUT2D eigenvalue weighted by molar-refractivity contribution is 0.0791. The molecule has 0 spiro atoms. The number of aromatic amines is 1. The second-order valence-corrected chi connectivity index (χ2v) is 6.02. The van der Waals surface area contributed by atoms with Crippen molar-refractivity contribution < 1.29 is 4.79 Å². The Hall–Kier alpha value is -1.85. The van der Waals surface area contributed by atoms with Crippen LogP contribution in [0.15, 0.2) is 35.1 Å². The molecule has 23 heavy (non-hydrogen) atoms. The first-order valence-electron chi connectivity index (χ1n) is 7.53. The summed E-state index contributed by atoms with van der Waals surface area (Å²) < 4.78 is 0. The summed E-state index contributed by atoms with van der Waals surface area (Å²) in [7, 11) is 1.74. The van der Waals surface area contributed by atoms with Gasteiger partial charge in [-0.25, -0.2) is 0 Å². The summed E-state index contributed by atoms with van der Waals surface area (Å²) in [6.07, 6.45) is 0.737. The Morgan fingerprint density at radius 3 is 2.61 bits per heavy atom. The summed E-state index contributed by atoms with van der Waals surface area (Å²) in [5.41, 5.74) is 6.86. The zero-order valence-electron chi connectivity index (χ0n) is 13.7. The maximum atomic E-state index is 12.6. The predicted octanol–water partition coefficient (Wildman–Crippen LogP) is 2.40. The number of amides is 1. The zero-order valence-corrected chi connectivity index (χ0v) is 14.5. The van der Waals surface area contributed by atoms with E-state index in [1.807, 2.05) is 18.2 Å². The van der Waals surface area contributed by atoms with Crippen molar-refractivity contribution in [2.75, 3.05) is 13.6 Å². The lowest BCUT2D eigenvalue weighted by atomic mass is 10.0. The fourth-order valence-corrected chi connectivity index (χ4v) is 2.36. The quantitative estimate of drug-likeness (QED) is 0.879. The number of carbonyl (C=O) groups excluding carboxylic acids is 1. The second-order valence-electron chi connectivity index (χ2n) is 6.02. The molecule has 0 fully saturated rings. The van der Waals surface area contributed by atoms with Gasteiger partial charge in [-0.1, -0.05) is 32.0 Å². The first-order chi connectivity index (χ1) is 10.4. The maximum absolute atomic E-state index is 12.6. The minimum atomic E-state index is -0.269. The third-order valence-electron chi connectivity index (χ3n) is 3.98. The summed E-state index contributed by atoms with van der Waals surface area (Å²) in [6, 6.07) is 8.74. The molecular formula is C17H24ClN3O2. The van der Waals surface area contributed by atoms with Gasteiger partial charge in [-0.2, -0.15) is 0 Å². The van der Waals surface area contributed by atoms with Crippen LogP contribution >= 0.6 is 12.4 Å². The first kappa shape index (κ1) is 19.2. The maximum Gasteiger partial charge on any atom is 0.254 e. The van der Waals surface area contributed by atoms with E-state index in [4.69, 9.17) is 5.73 Å². The number of nitrogens with zero attached hydrogens (tertiary/aromatic N) is 1. The highest BCUT2D eigenvalue weighted by Crippen LogP contribution is 2.16. The van der Waals surface area contributed by atoms with Gasteiger partial charge in [0.2, 0.25) is 5.56 Å². The van der Waals surface area contributed by atoms with Gasteiger partial charge >= 0.3 is 0 Å². The van der Waals surface area contributed by atoms with Crippen LogP contribution in [-0.4, -0.2) is 35.4 Å². The van der Waals surface area contributed by atoms with Crippen LogP contribution in [0.25, 0.3) is 10.9 Å². The molecule has 126 valence electrons. The number of hydrogen-bond donors (Lipinski definition) is 2. The fourth-order valence-electron chi connectivity index (χ4n) is 2.36. The summed E-state index contributed by atoms with van der Waals surface area (Å²) in [5, 5.41) is 0.757. The Balaban J connectivity index is 0.00000264. The molecule has 1 aromatic carbocycles. The predicted molar refractivity (Wildman–Crippen MR) is 96.2 cm³/mol. The van der Waals surface area contributed by atoms with Crippen molar-refractivity contribution in [2.24, 2.45) is 11.7 Å². The van der Waals surface area contributed by atoms with E-state index >= 15 is 0 Å². The Labute approximate surface area is 142 Å². The number of fused-ring (bicyclic) bond motifs is 1. The monoisotopic (exact) mass is 337 g/mol. The van der Waals surface area contributed by atoms with Crippen LogP contribution in [0.3, 0.4) is 0 Å². The van der Waals surface area contributed by atoms with E-state index in [1.54, 1.807) is 18.0 Å². The normalized spacial score (nSPS) is 12.0. The van der Waals surface area contributed by atoms with Crippen LogP contribution in [0.4, 0.5) is 0 Å². The van der Waals surface area contributed by atoms with Gasteiger partial charge < -0.3 is 15.6 Å². The van der Waals surface area contributed by atoms with Crippen molar-refractivity contribution in [1.82, 2.24) is 9.88 Å². The smallest absolute Gasteiger partial charge is 0.254 e. The molecule has 2 aromatic rings. The van der Waals surface area contributed by atoms with E-state index in [-0.39, 0.29) is 29.9 Å². The van der Waals surface area contributed by atoms with Crippen LogP contribution in [0, 0.1) is 5.92 Å². The number of carbonyl (C=O) groups is 1. The number of H-pyrrole nitrogens is 1. The van der Waals surface area contributed by atoms with Gasteiger partial charge in [-0.05, 0) is 18.4 Å². The number of aromatic nitrogens is 1. The molecule has 0 saturated heterocycles. The molecule has 1 amide bonds. The molecule has 1 heterocycles. The number of pyridine rings is 1. The van der Waals surface area contributed by atoms with Crippen molar-refractivity contribution in [3.63, 3.8) is 0 Å². The molecule has 3 N–H and O–H groups in total. The van der Waals surface area contributed by atoms with Crippen molar-refractivity contribution in [3.8, 4) is 0 Å². The van der Waals surface area contributed by atoms with E-state index in [1.165, 1.54) is 6.07 Å². The van der Waals surface area contributed by atoms with Gasteiger partial charge in [-0.15, -0.1) is 12.4 Å². The number of halogens is 1. The Morgan fingerprint density at radius 2 is 1.96 bits per heavy atom. The summed E-state index contributed by atoms with van der Waals surface area (Å²) in [5.74, 6) is 0.224. The topological polar surface area (TPSA) is 79.2 Å². The number of rotatable bonds is 5. The Morgan fingerprint density at radius 1 is 1.30 bits per heavy atom. The standard InChI is InChI=1S/C17H23N3O2.ClH/c1-11(2)14(18)8-9-20(3)17(22)13-10-16(21)19-15-7-5-4-6-12(13)15;/h4-7,10-11,14H,8-9,18H2,1-3H3,(H,19,21);1H. The van der Waals surface area contributed by atoms with Gasteiger partial charge in [0.05, 0.1) is 5.56 Å². The third kappa shape index (κ3) is 4.56. The molecule has 0 aliphatic heterocycles. The average molecular weight is 338 g/mol. The number of benzene rings is 1. The SMILES string of the molecule is CC(C)C(N)CCN(C)C(=O)c1cc(=O)[nH]c2ccccc12.Cl. The van der Waals surface area contributed by atoms with Crippen LogP contribution in [0.5, 0.6) is 0 Å². The molecule has 6 heteroatoms. The van der Waals surface area contributed by atoms with Gasteiger partial charge in [0, 0.05) is 36.6 Å². The number of hydrogen-bond acceptors (Lipinski definition) is 3. The molecule has 1 atom stereocenters. The Kier molecular flexibility index (Phi) is 6.79. The van der Waals surface area contributed by atoms with Crippen LogP contribution in [0.2, 0.25) is 0 Å². The molecule has 2 rings (SSSR count). The zero-order chi connectivity index (χ0) is 16.3. The lowest BCUT2D eigenvalue weighted by Crippen LogP contribution is -2.35. The number of nitrogens with one attached hydrogen (secondary N) is 1. The Bertz CT molecular complexity index is 727. The summed E-state index contributed by atoms with van der Waals surface area (Å²) >= 11 is 0. The molecule has 0 aliphatic rings. The van der Waals surface area contributed by atoms with E-state index in [9.17, 15) is 9.59 Å². The molecule has 5 nitrogen and oxygen atoms in total. The third-order valence-corrected chi connectivity index (χ3v) is 3.98. The summed E-state index contributed by atoms with van der Waals surface area (Å²) in [4.78, 5) is 28.7. The molecular weight excluding hydrogens is 314 g/mol. The van der Waals surface area contributed by atoms with E-state index in [2.05, 4.69) is 18.8 Å². The highest BCUT2D eigenvalue weighted by Gasteiger charge is 2.17. The van der Waals surface area contributed by atoms with Crippen molar-refractivity contribution in [3.05, 3.63) is 46.2 Å². The fraction of sp³-hybridized carbons (Fsp3) is 0.412. The average Bonchev–Trinajstić information content (AvgIpc) is 2.50. The molecule has 0 saturated carbocycles. The summed E-state index contributed by atoms with van der Waals surface area (Å²) in [6.45, 7) is 4.70. The lowest BCUT2D eigenvalue weighted by Gasteiger charge is -2.22. The molecule has 0 radical (unpaired) electrons. The highest BCUT2D eigenvalue weighted by molar-refractivity contribution is 6.05. The minimum absolute atomic E-state index is 0.